The zero-order valence-corrected chi connectivity index (χ0v) is 15.0. The monoisotopic (exact) mass is 335 g/mol. The predicted molar refractivity (Wildman–Crippen MR) is 96.3 cm³/mol. The van der Waals surface area contributed by atoms with Crippen molar-refractivity contribution in [3.63, 3.8) is 0 Å². The zero-order valence-electron chi connectivity index (χ0n) is 14.2. The van der Waals surface area contributed by atoms with E-state index in [1.807, 2.05) is 16.4 Å². The van der Waals surface area contributed by atoms with E-state index in [2.05, 4.69) is 48.1 Å². The molecule has 0 unspecified atom stereocenters. The first-order chi connectivity index (χ1) is 10.9. The lowest BCUT2D eigenvalue weighted by Crippen LogP contribution is -2.29. The van der Waals surface area contributed by atoms with Crippen LogP contribution in [-0.2, 0) is 5.54 Å². The average molecular weight is 335 g/mol. The Kier molecular flexibility index (Phi) is 4.40. The summed E-state index contributed by atoms with van der Waals surface area (Å²) in [6.45, 7) is 8.36. The fourth-order valence-electron chi connectivity index (χ4n) is 3.16. The van der Waals surface area contributed by atoms with Crippen LogP contribution in [0.4, 0.5) is 5.95 Å². The smallest absolute Gasteiger partial charge is 0.263 e. The molecule has 2 heterocycles. The van der Waals surface area contributed by atoms with Crippen LogP contribution in [0.1, 0.15) is 47.0 Å². The number of aromatic nitrogens is 4. The van der Waals surface area contributed by atoms with Crippen LogP contribution >= 0.6 is 11.8 Å². The van der Waals surface area contributed by atoms with E-state index in [1.54, 1.807) is 6.20 Å². The van der Waals surface area contributed by atoms with E-state index in [4.69, 9.17) is 0 Å². The average Bonchev–Trinajstić information content (AvgIpc) is 3.06. The molecule has 0 saturated heterocycles. The number of fused-ring (bicyclic) bond motifs is 1. The van der Waals surface area contributed by atoms with Crippen LogP contribution in [0.2, 0.25) is 0 Å². The van der Waals surface area contributed by atoms with E-state index < -0.39 is 0 Å². The molecule has 0 amide bonds. The first-order valence-corrected chi connectivity index (χ1v) is 9.31. The van der Waals surface area contributed by atoms with Crippen LogP contribution in [0, 0.1) is 0 Å². The molecule has 6 nitrogen and oxygen atoms in total. The Bertz CT molecular complexity index is 745. The molecule has 23 heavy (non-hydrogen) atoms. The predicted octanol–water partition coefficient (Wildman–Crippen LogP) is 2.96. The van der Waals surface area contributed by atoms with Crippen molar-refractivity contribution in [2.75, 3.05) is 11.1 Å². The van der Waals surface area contributed by atoms with Gasteiger partial charge in [-0.25, -0.2) is 4.68 Å². The molecule has 1 fully saturated rings. The van der Waals surface area contributed by atoms with Crippen molar-refractivity contribution in [2.24, 2.45) is 0 Å². The molecule has 2 aromatic heterocycles. The van der Waals surface area contributed by atoms with Gasteiger partial charge in [0.2, 0.25) is 5.95 Å². The third-order valence-corrected chi connectivity index (χ3v) is 5.55. The number of nitrogens with one attached hydrogen (secondary N) is 2. The molecule has 2 atom stereocenters. The Morgan fingerprint density at radius 3 is 2.91 bits per heavy atom. The van der Waals surface area contributed by atoms with Gasteiger partial charge in [-0.15, -0.1) is 0 Å². The van der Waals surface area contributed by atoms with Gasteiger partial charge in [0.05, 0.1) is 11.7 Å². The Hall–Kier alpha value is -1.50. The molecule has 3 rings (SSSR count). The summed E-state index contributed by atoms with van der Waals surface area (Å²) in [5, 5.41) is 8.93. The van der Waals surface area contributed by atoms with Crippen molar-refractivity contribution in [1.29, 1.82) is 0 Å². The molecule has 1 aliphatic carbocycles. The molecule has 2 N–H and O–H groups in total. The molecular formula is C16H25N5OS. The summed E-state index contributed by atoms with van der Waals surface area (Å²) in [7, 11) is 0. The highest BCUT2D eigenvalue weighted by Gasteiger charge is 2.28. The second-order valence-electron chi connectivity index (χ2n) is 7.05. The second kappa shape index (κ2) is 6.19. The number of thioether (sulfide) groups is 1. The lowest BCUT2D eigenvalue weighted by atomic mass is 10.1. The van der Waals surface area contributed by atoms with Gasteiger partial charge in [-0.1, -0.05) is 13.3 Å². The summed E-state index contributed by atoms with van der Waals surface area (Å²) < 4.78 is 1.82. The Morgan fingerprint density at radius 1 is 1.43 bits per heavy atom. The van der Waals surface area contributed by atoms with E-state index in [-0.39, 0.29) is 11.1 Å². The van der Waals surface area contributed by atoms with Crippen molar-refractivity contribution < 1.29 is 0 Å². The molecule has 0 bridgehead atoms. The summed E-state index contributed by atoms with van der Waals surface area (Å²) >= 11 is 1.98. The van der Waals surface area contributed by atoms with Gasteiger partial charge in [-0.2, -0.15) is 21.8 Å². The van der Waals surface area contributed by atoms with Gasteiger partial charge in [0.25, 0.3) is 5.56 Å². The molecule has 126 valence electrons. The molecular weight excluding hydrogens is 310 g/mol. The van der Waals surface area contributed by atoms with Crippen LogP contribution in [-0.4, -0.2) is 36.8 Å². The van der Waals surface area contributed by atoms with Crippen LogP contribution in [0.15, 0.2) is 11.0 Å². The zero-order chi connectivity index (χ0) is 16.6. The second-order valence-corrected chi connectivity index (χ2v) is 8.57. The van der Waals surface area contributed by atoms with Gasteiger partial charge in [0.15, 0.2) is 5.65 Å². The number of nitrogens with zero attached hydrogens (tertiary/aromatic N) is 3. The van der Waals surface area contributed by atoms with Gasteiger partial charge in [0.1, 0.15) is 5.39 Å². The third-order valence-electron chi connectivity index (χ3n) is 4.23. The summed E-state index contributed by atoms with van der Waals surface area (Å²) in [5.41, 5.74) is 0.292. The van der Waals surface area contributed by atoms with Crippen LogP contribution in [0.25, 0.3) is 11.0 Å². The van der Waals surface area contributed by atoms with E-state index in [0.717, 1.165) is 12.2 Å². The first-order valence-electron chi connectivity index (χ1n) is 8.27. The highest BCUT2D eigenvalue weighted by Crippen LogP contribution is 2.31. The maximum Gasteiger partial charge on any atom is 0.263 e. The summed E-state index contributed by atoms with van der Waals surface area (Å²) in [5.74, 6) is 1.67. The summed E-state index contributed by atoms with van der Waals surface area (Å²) in [4.78, 5) is 19.8. The Morgan fingerprint density at radius 2 is 2.22 bits per heavy atom. The maximum absolute atomic E-state index is 12.3. The standard InChI is InChI=1S/C16H25N5OS/c1-5-23-12-8-6-7-11(12)18-15-19-13-10(14(22)20-15)9-17-21(13)16(2,3)4/h9,11-12H,5-8H2,1-4H3,(H2,18,19,20,22)/t11-,12-/m0/s1. The van der Waals surface area contributed by atoms with Gasteiger partial charge < -0.3 is 5.32 Å². The quantitative estimate of drug-likeness (QED) is 0.898. The highest BCUT2D eigenvalue weighted by molar-refractivity contribution is 7.99. The largest absolute Gasteiger partial charge is 0.352 e. The van der Waals surface area contributed by atoms with E-state index >= 15 is 0 Å². The minimum atomic E-state index is -0.215. The molecule has 1 aliphatic rings. The number of rotatable bonds is 4. The SMILES string of the molecule is CCS[C@H]1CCC[C@@H]1Nc1nc2c(cnn2C(C)(C)C)c(=O)[nH]1. The minimum absolute atomic E-state index is 0.134. The topological polar surface area (TPSA) is 75.6 Å². The van der Waals surface area contributed by atoms with Crippen molar-refractivity contribution in [2.45, 2.75) is 63.8 Å². The van der Waals surface area contributed by atoms with E-state index in [0.29, 0.717) is 28.3 Å². The molecule has 1 saturated carbocycles. The van der Waals surface area contributed by atoms with Crippen LogP contribution in [0.5, 0.6) is 0 Å². The number of anilines is 1. The van der Waals surface area contributed by atoms with Crippen molar-refractivity contribution in [1.82, 2.24) is 19.7 Å². The number of hydrogen-bond acceptors (Lipinski definition) is 5. The fourth-order valence-corrected chi connectivity index (χ4v) is 4.36. The molecule has 0 aromatic carbocycles. The molecule has 0 aliphatic heterocycles. The van der Waals surface area contributed by atoms with Crippen LogP contribution in [0.3, 0.4) is 0 Å². The van der Waals surface area contributed by atoms with Crippen molar-refractivity contribution in [3.8, 4) is 0 Å². The molecule has 0 radical (unpaired) electrons. The van der Waals surface area contributed by atoms with Crippen molar-refractivity contribution >= 4 is 28.7 Å². The number of hydrogen-bond donors (Lipinski definition) is 2. The van der Waals surface area contributed by atoms with Gasteiger partial charge in [0, 0.05) is 11.3 Å². The van der Waals surface area contributed by atoms with Gasteiger partial charge >= 0.3 is 0 Å². The number of H-pyrrole nitrogens is 1. The van der Waals surface area contributed by atoms with Crippen LogP contribution < -0.4 is 10.9 Å². The summed E-state index contributed by atoms with van der Waals surface area (Å²) in [6.07, 6.45) is 5.17. The van der Waals surface area contributed by atoms with Crippen molar-refractivity contribution in [3.05, 3.63) is 16.6 Å². The molecule has 2 aromatic rings. The maximum atomic E-state index is 12.3. The fraction of sp³-hybridized carbons (Fsp3) is 0.688. The Balaban J connectivity index is 1.94. The normalized spacial score (nSPS) is 21.9. The van der Waals surface area contributed by atoms with Gasteiger partial charge in [-0.05, 0) is 39.4 Å². The lowest BCUT2D eigenvalue weighted by molar-refractivity contribution is 0.366. The van der Waals surface area contributed by atoms with E-state index in [9.17, 15) is 4.79 Å². The lowest BCUT2D eigenvalue weighted by Gasteiger charge is -2.22. The minimum Gasteiger partial charge on any atom is -0.352 e. The molecule has 0 spiro atoms. The summed E-state index contributed by atoms with van der Waals surface area (Å²) in [6, 6.07) is 0.367. The van der Waals surface area contributed by atoms with E-state index in [1.165, 1.54) is 12.8 Å². The molecule has 7 heteroatoms. The Labute approximate surface area is 140 Å². The number of aromatic amines is 1. The highest BCUT2D eigenvalue weighted by atomic mass is 32.2. The third kappa shape index (κ3) is 3.24. The first kappa shape index (κ1) is 16.4. The van der Waals surface area contributed by atoms with Gasteiger partial charge in [-0.3, -0.25) is 9.78 Å².